The molecule has 30 heavy (non-hydrogen) atoms. The Hall–Kier alpha value is -3.33. The smallest absolute Gasteiger partial charge is 0.321 e. The van der Waals surface area contributed by atoms with Crippen molar-refractivity contribution in [3.05, 3.63) is 61.1 Å². The molecule has 1 fully saturated rings. The predicted molar refractivity (Wildman–Crippen MR) is 121 cm³/mol. The van der Waals surface area contributed by atoms with E-state index in [1.54, 1.807) is 24.3 Å². The third-order valence-electron chi connectivity index (χ3n) is 4.79. The Bertz CT molecular complexity index is 993. The van der Waals surface area contributed by atoms with E-state index in [2.05, 4.69) is 30.5 Å². The zero-order valence-electron chi connectivity index (χ0n) is 16.7. The lowest BCUT2D eigenvalue weighted by Gasteiger charge is -2.35. The standard InChI is InChI=1S/C21H23N7OS/c1-30-17-6-4-5-16(13-17)25-21(29)28-11-9-27(10-12-28)20-14-19(23-15-24-20)26-18-7-2-3-8-22-18/h2-8,13-15H,9-12H2,1H3,(H,25,29)(H,22,23,24,26). The van der Waals surface area contributed by atoms with Crippen molar-refractivity contribution in [1.82, 2.24) is 19.9 Å². The molecule has 1 saturated heterocycles. The Morgan fingerprint density at radius 2 is 1.83 bits per heavy atom. The van der Waals surface area contributed by atoms with Gasteiger partial charge >= 0.3 is 6.03 Å². The first-order valence-electron chi connectivity index (χ1n) is 9.66. The normalized spacial score (nSPS) is 13.8. The van der Waals surface area contributed by atoms with Gasteiger partial charge in [0.05, 0.1) is 0 Å². The molecule has 0 aliphatic carbocycles. The van der Waals surface area contributed by atoms with Crippen LogP contribution in [0.1, 0.15) is 0 Å². The van der Waals surface area contributed by atoms with Crippen LogP contribution in [0.4, 0.5) is 27.9 Å². The molecule has 2 aromatic heterocycles. The summed E-state index contributed by atoms with van der Waals surface area (Å²) < 4.78 is 0. The Kier molecular flexibility index (Phi) is 6.29. The van der Waals surface area contributed by atoms with Crippen LogP contribution in [0.3, 0.4) is 0 Å². The van der Waals surface area contributed by atoms with Crippen molar-refractivity contribution in [2.75, 3.05) is 48.0 Å². The van der Waals surface area contributed by atoms with Crippen LogP contribution >= 0.6 is 11.8 Å². The van der Waals surface area contributed by atoms with Crippen LogP contribution in [-0.4, -0.2) is 58.3 Å². The molecule has 1 aliphatic rings. The maximum Gasteiger partial charge on any atom is 0.321 e. The maximum atomic E-state index is 12.6. The average molecular weight is 422 g/mol. The highest BCUT2D eigenvalue weighted by Gasteiger charge is 2.22. The SMILES string of the molecule is CSc1cccc(NC(=O)N2CCN(c3cc(Nc4ccccn4)ncn3)CC2)c1. The van der Waals surface area contributed by atoms with E-state index in [4.69, 9.17) is 0 Å². The molecule has 2 N–H and O–H groups in total. The maximum absolute atomic E-state index is 12.6. The van der Waals surface area contributed by atoms with Crippen LogP contribution < -0.4 is 15.5 Å². The number of hydrogen-bond donors (Lipinski definition) is 2. The number of hydrogen-bond acceptors (Lipinski definition) is 7. The van der Waals surface area contributed by atoms with Crippen LogP contribution in [0.2, 0.25) is 0 Å². The van der Waals surface area contributed by atoms with Crippen molar-refractivity contribution in [3.8, 4) is 0 Å². The van der Waals surface area contributed by atoms with E-state index in [1.807, 2.05) is 59.7 Å². The monoisotopic (exact) mass is 421 g/mol. The highest BCUT2D eigenvalue weighted by Crippen LogP contribution is 2.21. The summed E-state index contributed by atoms with van der Waals surface area (Å²) in [6.45, 7) is 2.67. The fourth-order valence-corrected chi connectivity index (χ4v) is 3.66. The van der Waals surface area contributed by atoms with Gasteiger partial charge in [-0.05, 0) is 36.6 Å². The molecule has 0 saturated carbocycles. The number of urea groups is 1. The van der Waals surface area contributed by atoms with Crippen molar-refractivity contribution < 1.29 is 4.79 Å². The van der Waals surface area contributed by atoms with E-state index in [0.717, 1.165) is 22.2 Å². The number of amides is 2. The summed E-state index contributed by atoms with van der Waals surface area (Å²) in [7, 11) is 0. The predicted octanol–water partition coefficient (Wildman–Crippen LogP) is 3.69. The van der Waals surface area contributed by atoms with Crippen molar-refractivity contribution in [2.45, 2.75) is 4.90 Å². The van der Waals surface area contributed by atoms with Crippen LogP contribution in [0.15, 0.2) is 66.0 Å². The lowest BCUT2D eigenvalue weighted by Crippen LogP contribution is -2.50. The van der Waals surface area contributed by atoms with Gasteiger partial charge in [-0.15, -0.1) is 11.8 Å². The van der Waals surface area contributed by atoms with E-state index in [9.17, 15) is 4.79 Å². The lowest BCUT2D eigenvalue weighted by atomic mass is 10.3. The van der Waals surface area contributed by atoms with Crippen molar-refractivity contribution in [2.24, 2.45) is 0 Å². The molecule has 0 radical (unpaired) electrons. The number of piperazine rings is 1. The lowest BCUT2D eigenvalue weighted by molar-refractivity contribution is 0.208. The molecule has 154 valence electrons. The van der Waals surface area contributed by atoms with Crippen LogP contribution in [0.25, 0.3) is 0 Å². The van der Waals surface area contributed by atoms with E-state index in [1.165, 1.54) is 0 Å². The summed E-state index contributed by atoms with van der Waals surface area (Å²) in [5, 5.41) is 6.17. The summed E-state index contributed by atoms with van der Waals surface area (Å²) in [4.78, 5) is 30.6. The largest absolute Gasteiger partial charge is 0.353 e. The van der Waals surface area contributed by atoms with Crippen molar-refractivity contribution in [3.63, 3.8) is 0 Å². The van der Waals surface area contributed by atoms with Crippen molar-refractivity contribution in [1.29, 1.82) is 0 Å². The van der Waals surface area contributed by atoms with E-state index >= 15 is 0 Å². The second-order valence-corrected chi connectivity index (χ2v) is 7.62. The second-order valence-electron chi connectivity index (χ2n) is 6.74. The molecule has 9 heteroatoms. The molecule has 8 nitrogen and oxygen atoms in total. The minimum absolute atomic E-state index is 0.0758. The van der Waals surface area contributed by atoms with Gasteiger partial charge in [-0.25, -0.2) is 19.7 Å². The number of carbonyl (C=O) groups excluding carboxylic acids is 1. The van der Waals surface area contributed by atoms with Gasteiger partial charge in [-0.3, -0.25) is 0 Å². The zero-order chi connectivity index (χ0) is 20.8. The summed E-state index contributed by atoms with van der Waals surface area (Å²) in [6.07, 6.45) is 5.29. The third kappa shape index (κ3) is 4.98. The number of thioether (sulfide) groups is 1. The second kappa shape index (κ2) is 9.45. The van der Waals surface area contributed by atoms with Crippen molar-refractivity contribution >= 4 is 40.9 Å². The summed E-state index contributed by atoms with van der Waals surface area (Å²) in [5.74, 6) is 2.25. The molecule has 1 aliphatic heterocycles. The minimum Gasteiger partial charge on any atom is -0.353 e. The summed E-state index contributed by atoms with van der Waals surface area (Å²) in [6, 6.07) is 15.4. The fraction of sp³-hybridized carbons (Fsp3) is 0.238. The number of benzene rings is 1. The molecule has 4 rings (SSSR count). The van der Waals surface area contributed by atoms with Gasteiger partial charge in [0.15, 0.2) is 0 Å². The number of nitrogens with zero attached hydrogens (tertiary/aromatic N) is 5. The van der Waals surface area contributed by atoms with Crippen LogP contribution in [0.5, 0.6) is 0 Å². The molecule has 0 spiro atoms. The van der Waals surface area contributed by atoms with Gasteiger partial charge in [-0.2, -0.15) is 0 Å². The highest BCUT2D eigenvalue weighted by molar-refractivity contribution is 7.98. The number of pyridine rings is 1. The first kappa shape index (κ1) is 20.0. The third-order valence-corrected chi connectivity index (χ3v) is 5.51. The number of aromatic nitrogens is 3. The number of anilines is 4. The number of rotatable bonds is 5. The van der Waals surface area contributed by atoms with Crippen LogP contribution in [-0.2, 0) is 0 Å². The molecular formula is C21H23N7OS. The fourth-order valence-electron chi connectivity index (χ4n) is 3.20. The summed E-state index contributed by atoms with van der Waals surface area (Å²) >= 11 is 1.65. The first-order valence-corrected chi connectivity index (χ1v) is 10.9. The summed E-state index contributed by atoms with van der Waals surface area (Å²) in [5.41, 5.74) is 0.815. The Balaban J connectivity index is 1.34. The molecule has 0 unspecified atom stereocenters. The van der Waals surface area contributed by atoms with E-state index in [-0.39, 0.29) is 6.03 Å². The number of nitrogens with one attached hydrogen (secondary N) is 2. The topological polar surface area (TPSA) is 86.3 Å². The van der Waals surface area contributed by atoms with Gasteiger partial charge in [0.2, 0.25) is 0 Å². The molecule has 1 aromatic carbocycles. The van der Waals surface area contributed by atoms with Gasteiger partial charge in [0, 0.05) is 49.0 Å². The Morgan fingerprint density at radius 1 is 0.967 bits per heavy atom. The average Bonchev–Trinajstić information content (AvgIpc) is 2.80. The molecular weight excluding hydrogens is 398 g/mol. The van der Waals surface area contributed by atoms with Gasteiger partial charge in [0.25, 0.3) is 0 Å². The highest BCUT2D eigenvalue weighted by atomic mass is 32.2. The van der Waals surface area contributed by atoms with Gasteiger partial charge in [-0.1, -0.05) is 12.1 Å². The molecule has 3 heterocycles. The Morgan fingerprint density at radius 3 is 2.60 bits per heavy atom. The molecule has 3 aromatic rings. The van der Waals surface area contributed by atoms with Gasteiger partial charge < -0.3 is 20.4 Å². The van der Waals surface area contributed by atoms with Gasteiger partial charge in [0.1, 0.15) is 23.8 Å². The Labute approximate surface area is 179 Å². The minimum atomic E-state index is -0.0758. The van der Waals surface area contributed by atoms with E-state index in [0.29, 0.717) is 32.0 Å². The first-order chi connectivity index (χ1) is 14.7. The van der Waals surface area contributed by atoms with Crippen LogP contribution in [0, 0.1) is 0 Å². The molecule has 0 atom stereocenters. The quantitative estimate of drug-likeness (QED) is 0.608. The number of carbonyl (C=O) groups is 1. The molecule has 2 amide bonds. The molecule has 0 bridgehead atoms. The zero-order valence-corrected chi connectivity index (χ0v) is 17.5. The van der Waals surface area contributed by atoms with E-state index < -0.39 is 0 Å².